The molecule has 30 heavy (non-hydrogen) atoms. The predicted octanol–water partition coefficient (Wildman–Crippen LogP) is 3.02. The molecular weight excluding hydrogens is 400 g/mol. The number of fused-ring (bicyclic) bond motifs is 1. The van der Waals surface area contributed by atoms with E-state index in [1.807, 2.05) is 17.9 Å². The van der Waals surface area contributed by atoms with E-state index in [4.69, 9.17) is 4.42 Å². The van der Waals surface area contributed by atoms with Gasteiger partial charge in [0.05, 0.1) is 36.9 Å². The van der Waals surface area contributed by atoms with Crippen molar-refractivity contribution in [2.24, 2.45) is 0 Å². The van der Waals surface area contributed by atoms with E-state index in [0.717, 1.165) is 24.2 Å². The quantitative estimate of drug-likeness (QED) is 0.730. The van der Waals surface area contributed by atoms with Crippen LogP contribution in [0.4, 0.5) is 0 Å². The number of nitrogens with zero attached hydrogens (tertiary/aromatic N) is 1. The Kier molecular flexibility index (Phi) is 6.29. The maximum Gasteiger partial charge on any atom is 0.234 e. The molecular formula is C23H30N2O4S. The summed E-state index contributed by atoms with van der Waals surface area (Å²) >= 11 is 0. The molecule has 1 saturated heterocycles. The fourth-order valence-electron chi connectivity index (χ4n) is 4.56. The number of sulfone groups is 1. The number of aryl methyl sites for hydroxylation is 2. The molecule has 1 aliphatic heterocycles. The van der Waals surface area contributed by atoms with Crippen LogP contribution in [0.25, 0.3) is 0 Å². The monoisotopic (exact) mass is 430 g/mol. The van der Waals surface area contributed by atoms with E-state index in [9.17, 15) is 13.2 Å². The van der Waals surface area contributed by atoms with Gasteiger partial charge in [0, 0.05) is 6.04 Å². The van der Waals surface area contributed by atoms with Crippen LogP contribution < -0.4 is 5.32 Å². The van der Waals surface area contributed by atoms with Crippen molar-refractivity contribution in [1.82, 2.24) is 10.2 Å². The Hall–Kier alpha value is -2.12. The second kappa shape index (κ2) is 8.94. The average molecular weight is 431 g/mol. The van der Waals surface area contributed by atoms with Crippen LogP contribution in [0.15, 0.2) is 41.0 Å². The molecule has 6 nitrogen and oxygen atoms in total. The van der Waals surface area contributed by atoms with Gasteiger partial charge in [-0.3, -0.25) is 9.69 Å². The predicted molar refractivity (Wildman–Crippen MR) is 116 cm³/mol. The number of rotatable bonds is 7. The molecule has 0 radical (unpaired) electrons. The smallest absolute Gasteiger partial charge is 0.234 e. The summed E-state index contributed by atoms with van der Waals surface area (Å²) < 4.78 is 29.4. The summed E-state index contributed by atoms with van der Waals surface area (Å²) in [4.78, 5) is 14.8. The van der Waals surface area contributed by atoms with E-state index in [2.05, 4.69) is 23.5 Å². The van der Waals surface area contributed by atoms with Crippen LogP contribution in [0.3, 0.4) is 0 Å². The first kappa shape index (κ1) is 21.1. The molecule has 2 aliphatic rings. The Morgan fingerprint density at radius 1 is 1.23 bits per heavy atom. The lowest BCUT2D eigenvalue weighted by Gasteiger charge is -2.27. The number of benzene rings is 1. The molecule has 2 atom stereocenters. The molecule has 1 aromatic heterocycles. The van der Waals surface area contributed by atoms with Gasteiger partial charge in [-0.15, -0.1) is 0 Å². The van der Waals surface area contributed by atoms with Crippen molar-refractivity contribution in [3.63, 3.8) is 0 Å². The first-order valence-corrected chi connectivity index (χ1v) is 12.6. The molecule has 1 aromatic carbocycles. The second-order valence-electron chi connectivity index (χ2n) is 8.57. The topological polar surface area (TPSA) is 79.6 Å². The number of furan rings is 1. The molecule has 0 saturated carbocycles. The summed E-state index contributed by atoms with van der Waals surface area (Å²) in [5.74, 6) is 0.909. The summed E-state index contributed by atoms with van der Waals surface area (Å²) in [6.45, 7) is 2.57. The van der Waals surface area contributed by atoms with Crippen molar-refractivity contribution in [1.29, 1.82) is 0 Å². The maximum absolute atomic E-state index is 12.8. The molecule has 1 fully saturated rings. The van der Waals surface area contributed by atoms with E-state index >= 15 is 0 Å². The standard InChI is InChI=1S/C23H30N2O4S/c1-17(19-9-8-18-5-2-3-6-20(18)13-19)24-23(26)15-25(14-22-7-4-11-29-22)21-10-12-30(27,28)16-21/h4,7-9,11,13,17,21H,2-3,5-6,10,12,14-16H2,1H3,(H,24,26). The third-order valence-electron chi connectivity index (χ3n) is 6.26. The third-order valence-corrected chi connectivity index (χ3v) is 8.01. The van der Waals surface area contributed by atoms with Crippen molar-refractivity contribution in [2.75, 3.05) is 18.1 Å². The van der Waals surface area contributed by atoms with Gasteiger partial charge in [0.2, 0.25) is 5.91 Å². The Balaban J connectivity index is 1.41. The number of carbonyl (C=O) groups is 1. The van der Waals surface area contributed by atoms with Crippen LogP contribution >= 0.6 is 0 Å². The minimum Gasteiger partial charge on any atom is -0.468 e. The lowest BCUT2D eigenvalue weighted by Crippen LogP contribution is -2.43. The Labute approximate surface area is 178 Å². The zero-order valence-electron chi connectivity index (χ0n) is 17.5. The highest BCUT2D eigenvalue weighted by Crippen LogP contribution is 2.25. The lowest BCUT2D eigenvalue weighted by atomic mass is 9.89. The molecule has 2 unspecified atom stereocenters. The number of hydrogen-bond acceptors (Lipinski definition) is 5. The third kappa shape index (κ3) is 5.13. The van der Waals surface area contributed by atoms with Crippen LogP contribution in [0, 0.1) is 0 Å². The summed E-state index contributed by atoms with van der Waals surface area (Å²) in [5.41, 5.74) is 3.94. The van der Waals surface area contributed by atoms with Crippen molar-refractivity contribution < 1.29 is 17.6 Å². The van der Waals surface area contributed by atoms with Crippen molar-refractivity contribution >= 4 is 15.7 Å². The van der Waals surface area contributed by atoms with Crippen molar-refractivity contribution in [3.05, 3.63) is 59.0 Å². The highest BCUT2D eigenvalue weighted by Gasteiger charge is 2.33. The first-order valence-electron chi connectivity index (χ1n) is 10.8. The molecule has 4 rings (SSSR count). The van der Waals surface area contributed by atoms with Crippen molar-refractivity contribution in [3.8, 4) is 0 Å². The molecule has 2 heterocycles. The fraction of sp³-hybridized carbons (Fsp3) is 0.522. The minimum atomic E-state index is -3.03. The number of amides is 1. The molecule has 2 aromatic rings. The van der Waals surface area contributed by atoms with Gasteiger partial charge in [-0.05, 0) is 67.9 Å². The highest BCUT2D eigenvalue weighted by molar-refractivity contribution is 7.91. The molecule has 162 valence electrons. The van der Waals surface area contributed by atoms with Gasteiger partial charge < -0.3 is 9.73 Å². The number of carbonyl (C=O) groups excluding carboxylic acids is 1. The van der Waals surface area contributed by atoms with Gasteiger partial charge in [-0.2, -0.15) is 0 Å². The minimum absolute atomic E-state index is 0.0949. The van der Waals surface area contributed by atoms with E-state index < -0.39 is 9.84 Å². The van der Waals surface area contributed by atoms with Crippen LogP contribution in [0.1, 0.15) is 54.7 Å². The van der Waals surface area contributed by atoms with Gasteiger partial charge in [0.25, 0.3) is 0 Å². The summed E-state index contributed by atoms with van der Waals surface area (Å²) in [6.07, 6.45) is 6.87. The SMILES string of the molecule is CC(NC(=O)CN(Cc1ccco1)C1CCS(=O)(=O)C1)c1ccc2c(c1)CCCC2. The molecule has 0 spiro atoms. The fourth-order valence-corrected chi connectivity index (χ4v) is 6.32. The highest BCUT2D eigenvalue weighted by atomic mass is 32.2. The van der Waals surface area contributed by atoms with Gasteiger partial charge in [-0.25, -0.2) is 8.42 Å². The normalized spacial score (nSPS) is 21.3. The molecule has 7 heteroatoms. The van der Waals surface area contributed by atoms with Crippen LogP contribution in [-0.2, 0) is 34.0 Å². The molecule has 1 N–H and O–H groups in total. The van der Waals surface area contributed by atoms with Gasteiger partial charge >= 0.3 is 0 Å². The Morgan fingerprint density at radius 2 is 2.03 bits per heavy atom. The van der Waals surface area contributed by atoms with Gasteiger partial charge in [0.15, 0.2) is 9.84 Å². The zero-order chi connectivity index (χ0) is 21.1. The second-order valence-corrected chi connectivity index (χ2v) is 10.8. The van der Waals surface area contributed by atoms with E-state index in [0.29, 0.717) is 13.0 Å². The van der Waals surface area contributed by atoms with Crippen LogP contribution in [0.2, 0.25) is 0 Å². The largest absolute Gasteiger partial charge is 0.468 e. The van der Waals surface area contributed by atoms with Gasteiger partial charge in [0.1, 0.15) is 5.76 Å². The number of hydrogen-bond donors (Lipinski definition) is 1. The summed E-state index contributed by atoms with van der Waals surface area (Å²) in [5, 5.41) is 3.10. The van der Waals surface area contributed by atoms with Crippen molar-refractivity contribution in [2.45, 2.75) is 57.7 Å². The van der Waals surface area contributed by atoms with E-state index in [-0.39, 0.29) is 36.0 Å². The van der Waals surface area contributed by atoms with E-state index in [1.165, 1.54) is 24.0 Å². The Morgan fingerprint density at radius 3 is 2.73 bits per heavy atom. The van der Waals surface area contributed by atoms with Gasteiger partial charge in [-0.1, -0.05) is 18.2 Å². The number of nitrogens with one attached hydrogen (secondary N) is 1. The lowest BCUT2D eigenvalue weighted by molar-refractivity contribution is -0.123. The maximum atomic E-state index is 12.8. The van der Waals surface area contributed by atoms with Crippen LogP contribution in [-0.4, -0.2) is 43.3 Å². The molecule has 1 aliphatic carbocycles. The Bertz CT molecular complexity index is 985. The van der Waals surface area contributed by atoms with Crippen LogP contribution in [0.5, 0.6) is 0 Å². The zero-order valence-corrected chi connectivity index (χ0v) is 18.3. The molecule has 1 amide bonds. The summed E-state index contributed by atoms with van der Waals surface area (Å²) in [7, 11) is -3.03. The summed E-state index contributed by atoms with van der Waals surface area (Å²) in [6, 6.07) is 9.93. The van der Waals surface area contributed by atoms with E-state index in [1.54, 1.807) is 12.3 Å². The average Bonchev–Trinajstić information content (AvgIpc) is 3.36. The first-order chi connectivity index (χ1) is 14.4. The molecule has 0 bridgehead atoms.